The maximum Gasteiger partial charge on any atom is 0.136 e. The quantitative estimate of drug-likeness (QED) is 0.695. The maximum atomic E-state index is 12.1. The first-order chi connectivity index (χ1) is 8.17. The zero-order valence-corrected chi connectivity index (χ0v) is 11.3. The van der Waals surface area contributed by atoms with Crippen LogP contribution in [-0.2, 0) is 18.3 Å². The number of hydrogen-bond donors (Lipinski definition) is 0. The monoisotopic (exact) mass is 236 g/mol. The predicted octanol–water partition coefficient (Wildman–Crippen LogP) is 3.14. The lowest BCUT2D eigenvalue weighted by molar-refractivity contribution is -0.123. The van der Waals surface area contributed by atoms with Gasteiger partial charge in [-0.15, -0.1) is 0 Å². The molecule has 0 fully saturated rings. The SMILES string of the molecule is CCCC(CCC)C(=O)CCc1cnn(C)c1. The van der Waals surface area contributed by atoms with E-state index in [0.29, 0.717) is 12.2 Å². The number of rotatable bonds is 8. The van der Waals surface area contributed by atoms with E-state index in [4.69, 9.17) is 0 Å². The highest BCUT2D eigenvalue weighted by atomic mass is 16.1. The van der Waals surface area contributed by atoms with Crippen molar-refractivity contribution in [1.29, 1.82) is 0 Å². The van der Waals surface area contributed by atoms with E-state index in [1.54, 1.807) is 4.68 Å². The Morgan fingerprint density at radius 3 is 2.47 bits per heavy atom. The van der Waals surface area contributed by atoms with Crippen molar-refractivity contribution in [3.05, 3.63) is 18.0 Å². The van der Waals surface area contributed by atoms with Crippen molar-refractivity contribution >= 4 is 5.78 Å². The lowest BCUT2D eigenvalue weighted by atomic mass is 9.91. The van der Waals surface area contributed by atoms with Crippen LogP contribution in [0.15, 0.2) is 12.4 Å². The van der Waals surface area contributed by atoms with Crippen molar-refractivity contribution in [3.63, 3.8) is 0 Å². The van der Waals surface area contributed by atoms with Gasteiger partial charge in [0.05, 0.1) is 6.20 Å². The van der Waals surface area contributed by atoms with Gasteiger partial charge in [-0.2, -0.15) is 5.10 Å². The predicted molar refractivity (Wildman–Crippen MR) is 69.8 cm³/mol. The van der Waals surface area contributed by atoms with Crippen molar-refractivity contribution in [2.45, 2.75) is 52.4 Å². The molecule has 0 bridgehead atoms. The number of nitrogens with zero attached hydrogens (tertiary/aromatic N) is 2. The third kappa shape index (κ3) is 4.72. The Bertz CT molecular complexity index is 338. The topological polar surface area (TPSA) is 34.9 Å². The average Bonchev–Trinajstić information content (AvgIpc) is 2.72. The molecule has 96 valence electrons. The van der Waals surface area contributed by atoms with E-state index in [9.17, 15) is 4.79 Å². The number of carbonyl (C=O) groups is 1. The highest BCUT2D eigenvalue weighted by Crippen LogP contribution is 2.17. The fraction of sp³-hybridized carbons (Fsp3) is 0.714. The second-order valence-electron chi connectivity index (χ2n) is 4.76. The molecule has 1 aromatic rings. The van der Waals surface area contributed by atoms with Gasteiger partial charge >= 0.3 is 0 Å². The summed E-state index contributed by atoms with van der Waals surface area (Å²) >= 11 is 0. The van der Waals surface area contributed by atoms with E-state index in [1.165, 1.54) is 0 Å². The minimum absolute atomic E-state index is 0.279. The molecule has 0 aromatic carbocycles. The first kappa shape index (κ1) is 13.9. The average molecular weight is 236 g/mol. The molecule has 3 nitrogen and oxygen atoms in total. The van der Waals surface area contributed by atoms with Gasteiger partial charge < -0.3 is 0 Å². The summed E-state index contributed by atoms with van der Waals surface area (Å²) in [5.74, 6) is 0.708. The zero-order chi connectivity index (χ0) is 12.7. The number of aromatic nitrogens is 2. The molecule has 0 aliphatic carbocycles. The summed E-state index contributed by atoms with van der Waals surface area (Å²) < 4.78 is 1.79. The number of hydrogen-bond acceptors (Lipinski definition) is 2. The van der Waals surface area contributed by atoms with Crippen molar-refractivity contribution in [2.24, 2.45) is 13.0 Å². The van der Waals surface area contributed by atoms with E-state index in [-0.39, 0.29) is 5.92 Å². The van der Waals surface area contributed by atoms with E-state index in [0.717, 1.165) is 37.7 Å². The molecule has 0 unspecified atom stereocenters. The van der Waals surface area contributed by atoms with Crippen LogP contribution in [0.4, 0.5) is 0 Å². The molecule has 1 heterocycles. The fourth-order valence-electron chi connectivity index (χ4n) is 2.24. The molecule has 0 aliphatic heterocycles. The van der Waals surface area contributed by atoms with Crippen LogP contribution >= 0.6 is 0 Å². The molecule has 1 aromatic heterocycles. The third-order valence-corrected chi connectivity index (χ3v) is 3.15. The van der Waals surface area contributed by atoms with Crippen molar-refractivity contribution < 1.29 is 4.79 Å². The Kier molecular flexibility index (Phi) is 5.95. The molecule has 0 atom stereocenters. The Morgan fingerprint density at radius 1 is 1.35 bits per heavy atom. The maximum absolute atomic E-state index is 12.1. The van der Waals surface area contributed by atoms with E-state index in [1.807, 2.05) is 19.4 Å². The minimum Gasteiger partial charge on any atom is -0.299 e. The molecule has 0 radical (unpaired) electrons. The second-order valence-corrected chi connectivity index (χ2v) is 4.76. The first-order valence-corrected chi connectivity index (χ1v) is 6.67. The van der Waals surface area contributed by atoms with Crippen molar-refractivity contribution in [2.75, 3.05) is 0 Å². The third-order valence-electron chi connectivity index (χ3n) is 3.15. The van der Waals surface area contributed by atoms with Crippen LogP contribution in [0.2, 0.25) is 0 Å². The summed E-state index contributed by atoms with van der Waals surface area (Å²) in [5, 5.41) is 4.12. The molecule has 0 saturated heterocycles. The molecule has 17 heavy (non-hydrogen) atoms. The smallest absolute Gasteiger partial charge is 0.136 e. The van der Waals surface area contributed by atoms with Crippen molar-refractivity contribution in [1.82, 2.24) is 9.78 Å². The van der Waals surface area contributed by atoms with Crippen LogP contribution in [0.25, 0.3) is 0 Å². The van der Waals surface area contributed by atoms with Gasteiger partial charge in [0, 0.05) is 25.6 Å². The van der Waals surface area contributed by atoms with Crippen LogP contribution in [0.1, 0.15) is 51.5 Å². The Morgan fingerprint density at radius 2 is 2.00 bits per heavy atom. The minimum atomic E-state index is 0.279. The van der Waals surface area contributed by atoms with Crippen LogP contribution in [0, 0.1) is 5.92 Å². The van der Waals surface area contributed by atoms with Gasteiger partial charge in [-0.1, -0.05) is 26.7 Å². The molecule has 0 spiro atoms. The fourth-order valence-corrected chi connectivity index (χ4v) is 2.24. The summed E-state index contributed by atoms with van der Waals surface area (Å²) in [6.45, 7) is 4.30. The van der Waals surface area contributed by atoms with Crippen LogP contribution in [0.5, 0.6) is 0 Å². The Labute approximate surface area is 104 Å². The number of Topliss-reactive ketones (excluding diaryl/α,β-unsaturated/α-hetero) is 1. The summed E-state index contributed by atoms with van der Waals surface area (Å²) in [5.41, 5.74) is 1.16. The number of carbonyl (C=O) groups excluding carboxylic acids is 1. The lowest BCUT2D eigenvalue weighted by Crippen LogP contribution is -2.14. The summed E-state index contributed by atoms with van der Waals surface area (Å²) in [6.07, 6.45) is 9.61. The highest BCUT2D eigenvalue weighted by molar-refractivity contribution is 5.81. The number of ketones is 1. The van der Waals surface area contributed by atoms with Gasteiger partial charge in [0.25, 0.3) is 0 Å². The summed E-state index contributed by atoms with van der Waals surface area (Å²) in [4.78, 5) is 12.1. The van der Waals surface area contributed by atoms with Gasteiger partial charge in [-0.3, -0.25) is 9.48 Å². The van der Waals surface area contributed by atoms with E-state index in [2.05, 4.69) is 18.9 Å². The Balaban J connectivity index is 2.41. The van der Waals surface area contributed by atoms with E-state index < -0.39 is 0 Å². The molecular weight excluding hydrogens is 212 g/mol. The second kappa shape index (κ2) is 7.25. The van der Waals surface area contributed by atoms with Crippen LogP contribution in [-0.4, -0.2) is 15.6 Å². The summed E-state index contributed by atoms with van der Waals surface area (Å²) in [7, 11) is 1.91. The van der Waals surface area contributed by atoms with Gasteiger partial charge in [0.2, 0.25) is 0 Å². The standard InChI is InChI=1S/C14H24N2O/c1-4-6-13(7-5-2)14(17)9-8-12-10-15-16(3)11-12/h10-11,13H,4-9H2,1-3H3. The number of aryl methyl sites for hydroxylation is 2. The molecule has 0 N–H and O–H groups in total. The molecule has 0 aliphatic rings. The van der Waals surface area contributed by atoms with E-state index >= 15 is 0 Å². The molecular formula is C14H24N2O. The van der Waals surface area contributed by atoms with Gasteiger partial charge in [-0.25, -0.2) is 0 Å². The normalized spacial score (nSPS) is 11.1. The summed E-state index contributed by atoms with van der Waals surface area (Å²) in [6, 6.07) is 0. The van der Waals surface area contributed by atoms with Crippen LogP contribution < -0.4 is 0 Å². The van der Waals surface area contributed by atoms with Gasteiger partial charge in [-0.05, 0) is 24.8 Å². The largest absolute Gasteiger partial charge is 0.299 e. The molecule has 1 rings (SSSR count). The lowest BCUT2D eigenvalue weighted by Gasteiger charge is -2.13. The van der Waals surface area contributed by atoms with Gasteiger partial charge in [0.1, 0.15) is 5.78 Å². The molecule has 3 heteroatoms. The van der Waals surface area contributed by atoms with Crippen LogP contribution in [0.3, 0.4) is 0 Å². The highest BCUT2D eigenvalue weighted by Gasteiger charge is 2.16. The van der Waals surface area contributed by atoms with Crippen molar-refractivity contribution in [3.8, 4) is 0 Å². The molecule has 0 saturated carbocycles. The first-order valence-electron chi connectivity index (χ1n) is 6.67. The molecule has 0 amide bonds. The zero-order valence-electron chi connectivity index (χ0n) is 11.3. The van der Waals surface area contributed by atoms with Gasteiger partial charge in [0.15, 0.2) is 0 Å². The Hall–Kier alpha value is -1.12.